The number of amides is 3. The predicted molar refractivity (Wildman–Crippen MR) is 119 cm³/mol. The molecule has 1 saturated heterocycles. The van der Waals surface area contributed by atoms with Crippen molar-refractivity contribution in [2.45, 2.75) is 19.0 Å². The molecule has 4 aromatic rings. The minimum absolute atomic E-state index is 0.0459. The van der Waals surface area contributed by atoms with Crippen molar-refractivity contribution >= 4 is 22.7 Å². The summed E-state index contributed by atoms with van der Waals surface area (Å²) >= 11 is 0. The van der Waals surface area contributed by atoms with Crippen molar-refractivity contribution in [1.82, 2.24) is 15.2 Å². The van der Waals surface area contributed by atoms with Crippen LogP contribution in [0.1, 0.15) is 18.2 Å². The number of nitrogens with zero attached hydrogens (tertiary/aromatic N) is 2. The second-order valence-electron chi connectivity index (χ2n) is 8.03. The van der Waals surface area contributed by atoms with Crippen molar-refractivity contribution in [1.29, 1.82) is 0 Å². The van der Waals surface area contributed by atoms with E-state index in [0.29, 0.717) is 16.8 Å². The van der Waals surface area contributed by atoms with Gasteiger partial charge in [0.05, 0.1) is 19.3 Å². The van der Waals surface area contributed by atoms with Gasteiger partial charge in [-0.25, -0.2) is 14.2 Å². The molecule has 8 heteroatoms. The van der Waals surface area contributed by atoms with E-state index in [1.165, 1.54) is 18.4 Å². The lowest BCUT2D eigenvalue weighted by molar-refractivity contribution is -0.131. The zero-order chi connectivity index (χ0) is 23.2. The van der Waals surface area contributed by atoms with E-state index in [9.17, 15) is 14.0 Å². The van der Waals surface area contributed by atoms with Gasteiger partial charge < -0.3 is 14.5 Å². The fourth-order valence-electron chi connectivity index (χ4n) is 3.96. The third-order valence-corrected chi connectivity index (χ3v) is 5.86. The highest BCUT2D eigenvalue weighted by Crippen LogP contribution is 2.33. The van der Waals surface area contributed by atoms with E-state index < -0.39 is 11.6 Å². The van der Waals surface area contributed by atoms with Gasteiger partial charge in [-0.15, -0.1) is 0 Å². The topological polar surface area (TPSA) is 84.7 Å². The van der Waals surface area contributed by atoms with Crippen molar-refractivity contribution < 1.29 is 23.1 Å². The predicted octanol–water partition coefficient (Wildman–Crippen LogP) is 4.61. The number of nitrogens with one attached hydrogen (secondary N) is 1. The summed E-state index contributed by atoms with van der Waals surface area (Å²) in [4.78, 5) is 31.5. The number of hydrogen-bond donors (Lipinski definition) is 1. The van der Waals surface area contributed by atoms with E-state index in [0.717, 1.165) is 21.4 Å². The summed E-state index contributed by atoms with van der Waals surface area (Å²) in [5.41, 5.74) is 0.465. The molecule has 2 heterocycles. The molecule has 0 unspecified atom stereocenters. The van der Waals surface area contributed by atoms with Gasteiger partial charge in [-0.1, -0.05) is 18.2 Å². The van der Waals surface area contributed by atoms with Gasteiger partial charge in [0.1, 0.15) is 23.4 Å². The molecule has 1 fully saturated rings. The Hall–Kier alpha value is -4.20. The van der Waals surface area contributed by atoms with Gasteiger partial charge in [-0.2, -0.15) is 0 Å². The third-order valence-electron chi connectivity index (χ3n) is 5.86. The van der Waals surface area contributed by atoms with Crippen molar-refractivity contribution in [2.24, 2.45) is 0 Å². The number of carbonyl (C=O) groups excluding carboxylic acids is 2. The number of carbonyl (C=O) groups is 2. The van der Waals surface area contributed by atoms with Crippen LogP contribution in [0.5, 0.6) is 5.75 Å². The first-order chi connectivity index (χ1) is 15.9. The number of benzene rings is 3. The molecule has 166 valence electrons. The van der Waals surface area contributed by atoms with Crippen molar-refractivity contribution in [3.63, 3.8) is 0 Å². The maximum absolute atomic E-state index is 13.3. The summed E-state index contributed by atoms with van der Waals surface area (Å²) < 4.78 is 23.9. The lowest BCUT2D eigenvalue weighted by Crippen LogP contribution is -2.40. The molecule has 1 aliphatic heterocycles. The van der Waals surface area contributed by atoms with Crippen LogP contribution >= 0.6 is 0 Å². The fraction of sp³-hybridized carbons (Fsp3) is 0.160. The first-order valence-corrected chi connectivity index (χ1v) is 10.3. The van der Waals surface area contributed by atoms with Crippen LogP contribution in [-0.4, -0.2) is 28.9 Å². The standard InChI is InChI=1S/C25H20FN3O4/c1-25(18-7-3-17-12-21(32-2)10-6-16(17)11-18)23(30)29(24(31)28-25)13-20-14-33-22(27-20)15-4-8-19(26)9-5-15/h3-12,14H,13H2,1-2H3,(H,28,31)/t25-/m1/s1. The van der Waals surface area contributed by atoms with Crippen molar-refractivity contribution in [2.75, 3.05) is 7.11 Å². The first-order valence-electron chi connectivity index (χ1n) is 10.3. The number of fused-ring (bicyclic) bond motifs is 1. The lowest BCUT2D eigenvalue weighted by Gasteiger charge is -2.22. The van der Waals surface area contributed by atoms with Crippen LogP contribution in [0.25, 0.3) is 22.2 Å². The molecule has 1 aliphatic rings. The molecule has 33 heavy (non-hydrogen) atoms. The first kappa shape index (κ1) is 20.7. The Kier molecular flexibility index (Phi) is 4.85. The average Bonchev–Trinajstić information content (AvgIpc) is 3.38. The van der Waals surface area contributed by atoms with Gasteiger partial charge in [-0.05, 0) is 65.7 Å². The van der Waals surface area contributed by atoms with Crippen LogP contribution in [0.3, 0.4) is 0 Å². The van der Waals surface area contributed by atoms with Crippen molar-refractivity contribution in [3.8, 4) is 17.2 Å². The highest BCUT2D eigenvalue weighted by atomic mass is 19.1. The van der Waals surface area contributed by atoms with Crippen LogP contribution < -0.4 is 10.1 Å². The van der Waals surface area contributed by atoms with Gasteiger partial charge >= 0.3 is 6.03 Å². The number of hydrogen-bond acceptors (Lipinski definition) is 5. The minimum Gasteiger partial charge on any atom is -0.497 e. The van der Waals surface area contributed by atoms with Crippen LogP contribution in [0.15, 0.2) is 71.3 Å². The Morgan fingerprint density at radius 1 is 1.06 bits per heavy atom. The molecule has 3 amide bonds. The Labute approximate surface area is 188 Å². The number of rotatable bonds is 5. The highest BCUT2D eigenvalue weighted by molar-refractivity contribution is 6.07. The molecule has 3 aromatic carbocycles. The largest absolute Gasteiger partial charge is 0.497 e. The number of urea groups is 1. The monoisotopic (exact) mass is 445 g/mol. The van der Waals surface area contributed by atoms with Crippen molar-refractivity contribution in [3.05, 3.63) is 84.0 Å². The highest BCUT2D eigenvalue weighted by Gasteiger charge is 2.49. The number of methoxy groups -OCH3 is 1. The number of oxazole rings is 1. The number of halogens is 1. The summed E-state index contributed by atoms with van der Waals surface area (Å²) in [5.74, 6) is 0.277. The molecule has 0 bridgehead atoms. The molecule has 0 aliphatic carbocycles. The Morgan fingerprint density at radius 2 is 1.79 bits per heavy atom. The van der Waals surface area contributed by atoms with Crippen LogP contribution in [0.4, 0.5) is 9.18 Å². The molecule has 1 atom stereocenters. The maximum Gasteiger partial charge on any atom is 0.325 e. The third kappa shape index (κ3) is 3.59. The van der Waals surface area contributed by atoms with Gasteiger partial charge in [0.15, 0.2) is 0 Å². The van der Waals surface area contributed by atoms with E-state index in [4.69, 9.17) is 9.15 Å². The summed E-state index contributed by atoms with van der Waals surface area (Å²) in [6.45, 7) is 1.64. The van der Waals surface area contributed by atoms with Crippen LogP contribution in [-0.2, 0) is 16.9 Å². The average molecular weight is 445 g/mol. The SMILES string of the molecule is COc1ccc2cc([C@@]3(C)NC(=O)N(Cc4coc(-c5ccc(F)cc5)n4)C3=O)ccc2c1. The van der Waals surface area contributed by atoms with E-state index >= 15 is 0 Å². The number of ether oxygens (including phenoxy) is 1. The second-order valence-corrected chi connectivity index (χ2v) is 8.03. The zero-order valence-corrected chi connectivity index (χ0v) is 18.0. The van der Waals surface area contributed by atoms with Gasteiger partial charge in [-0.3, -0.25) is 9.69 Å². The van der Waals surface area contributed by atoms with E-state index in [1.54, 1.807) is 26.2 Å². The number of imide groups is 1. The fourth-order valence-corrected chi connectivity index (χ4v) is 3.96. The van der Waals surface area contributed by atoms with E-state index in [2.05, 4.69) is 10.3 Å². The van der Waals surface area contributed by atoms with Gasteiger partial charge in [0.25, 0.3) is 5.91 Å². The van der Waals surface area contributed by atoms with E-state index in [1.807, 2.05) is 36.4 Å². The van der Waals surface area contributed by atoms with Gasteiger partial charge in [0.2, 0.25) is 5.89 Å². The number of aromatic nitrogens is 1. The summed E-state index contributed by atoms with van der Waals surface area (Å²) in [6, 6.07) is 16.5. The Morgan fingerprint density at radius 3 is 2.55 bits per heavy atom. The normalized spacial score (nSPS) is 18.1. The zero-order valence-electron chi connectivity index (χ0n) is 18.0. The molecule has 1 aromatic heterocycles. The quantitative estimate of drug-likeness (QED) is 0.454. The Balaban J connectivity index is 1.39. The van der Waals surface area contributed by atoms with Crippen LogP contribution in [0.2, 0.25) is 0 Å². The molecule has 0 spiro atoms. The maximum atomic E-state index is 13.3. The van der Waals surface area contributed by atoms with Crippen LogP contribution in [0, 0.1) is 5.82 Å². The van der Waals surface area contributed by atoms with E-state index in [-0.39, 0.29) is 24.2 Å². The summed E-state index contributed by atoms with van der Waals surface area (Å²) in [5, 5.41) is 4.70. The minimum atomic E-state index is -1.21. The molecular formula is C25H20FN3O4. The smallest absolute Gasteiger partial charge is 0.325 e. The lowest BCUT2D eigenvalue weighted by atomic mass is 9.90. The summed E-state index contributed by atoms with van der Waals surface area (Å²) in [6.07, 6.45) is 1.39. The second kappa shape index (κ2) is 7.74. The molecule has 1 N–H and O–H groups in total. The molecule has 0 saturated carbocycles. The molecule has 5 rings (SSSR count). The molecular weight excluding hydrogens is 425 g/mol. The van der Waals surface area contributed by atoms with Gasteiger partial charge in [0, 0.05) is 5.56 Å². The Bertz CT molecular complexity index is 1380. The molecule has 0 radical (unpaired) electrons. The molecule has 7 nitrogen and oxygen atoms in total. The summed E-state index contributed by atoms with van der Waals surface area (Å²) in [7, 11) is 1.61.